The number of benzene rings is 1. The van der Waals surface area contributed by atoms with Gasteiger partial charge in [0.1, 0.15) is 0 Å². The Morgan fingerprint density at radius 1 is 1.38 bits per heavy atom. The number of halogens is 3. The Labute approximate surface area is 147 Å². The Morgan fingerprint density at radius 2 is 2.10 bits per heavy atom. The second kappa shape index (κ2) is 7.27. The first-order chi connectivity index (χ1) is 9.99. The highest BCUT2D eigenvalue weighted by molar-refractivity contribution is 9.10. The number of hydrogen-bond donors (Lipinski definition) is 1. The third-order valence-corrected chi connectivity index (χ3v) is 5.90. The predicted octanol–water partition coefficient (Wildman–Crippen LogP) is 4.89. The number of likely N-dealkylation sites (N-methyl/N-ethyl adjacent to an activating group) is 1. The molecule has 2 aromatic rings. The van der Waals surface area contributed by atoms with E-state index in [0.29, 0.717) is 0 Å². The highest BCUT2D eigenvalue weighted by Gasteiger charge is 2.20. The molecule has 114 valence electrons. The molecule has 21 heavy (non-hydrogen) atoms. The highest BCUT2D eigenvalue weighted by Crippen LogP contribution is 2.33. The molecule has 0 aliphatic carbocycles. The first kappa shape index (κ1) is 17.0. The number of nitrogens with one attached hydrogen (secondary N) is 1. The van der Waals surface area contributed by atoms with Crippen LogP contribution in [0.4, 0.5) is 0 Å². The molecular weight excluding hydrogens is 417 g/mol. The molecule has 0 aliphatic rings. The topological polar surface area (TPSA) is 29.9 Å². The van der Waals surface area contributed by atoms with Gasteiger partial charge in [-0.2, -0.15) is 5.10 Å². The Bertz CT molecular complexity index is 640. The average molecular weight is 436 g/mol. The average Bonchev–Trinajstić information content (AvgIpc) is 2.75. The molecule has 0 saturated heterocycles. The van der Waals surface area contributed by atoms with E-state index in [1.807, 2.05) is 30.8 Å². The van der Waals surface area contributed by atoms with Crippen LogP contribution in [0.25, 0.3) is 0 Å². The molecule has 3 nitrogen and oxygen atoms in total. The van der Waals surface area contributed by atoms with Gasteiger partial charge in [-0.15, -0.1) is 0 Å². The van der Waals surface area contributed by atoms with Crippen molar-refractivity contribution >= 4 is 43.5 Å². The quantitative estimate of drug-likeness (QED) is 0.725. The van der Waals surface area contributed by atoms with Gasteiger partial charge in [0.15, 0.2) is 0 Å². The fourth-order valence-corrected chi connectivity index (χ4v) is 3.50. The number of aryl methyl sites for hydroxylation is 2. The maximum Gasteiger partial charge on any atom is 0.0738 e. The normalized spacial score (nSPS) is 12.7. The molecule has 0 spiro atoms. The summed E-state index contributed by atoms with van der Waals surface area (Å²) in [6.07, 6.45) is 0.821. The van der Waals surface area contributed by atoms with Gasteiger partial charge in [-0.25, -0.2) is 0 Å². The Morgan fingerprint density at radius 3 is 2.71 bits per heavy atom. The molecule has 1 heterocycles. The largest absolute Gasteiger partial charge is 0.313 e. The lowest BCUT2D eigenvalue weighted by Crippen LogP contribution is -2.21. The number of rotatable bonds is 5. The minimum Gasteiger partial charge on any atom is -0.313 e. The molecule has 1 aromatic carbocycles. The lowest BCUT2D eigenvalue weighted by molar-refractivity contribution is 0.540. The van der Waals surface area contributed by atoms with Crippen molar-refractivity contribution < 1.29 is 0 Å². The van der Waals surface area contributed by atoms with Gasteiger partial charge in [0.2, 0.25) is 0 Å². The Balaban J connectivity index is 2.38. The lowest BCUT2D eigenvalue weighted by Gasteiger charge is -2.19. The molecule has 6 heteroatoms. The van der Waals surface area contributed by atoms with E-state index >= 15 is 0 Å². The van der Waals surface area contributed by atoms with Crippen LogP contribution >= 0.6 is 43.5 Å². The summed E-state index contributed by atoms with van der Waals surface area (Å²) in [5.41, 5.74) is 3.29. The summed E-state index contributed by atoms with van der Waals surface area (Å²) in [7, 11) is 1.95. The van der Waals surface area contributed by atoms with Crippen LogP contribution in [0.5, 0.6) is 0 Å². The van der Waals surface area contributed by atoms with E-state index in [-0.39, 0.29) is 6.04 Å². The van der Waals surface area contributed by atoms with Crippen molar-refractivity contribution in [3.8, 4) is 0 Å². The third kappa shape index (κ3) is 3.52. The van der Waals surface area contributed by atoms with Gasteiger partial charge < -0.3 is 5.32 Å². The molecule has 1 atom stereocenters. The van der Waals surface area contributed by atoms with Gasteiger partial charge in [0.25, 0.3) is 0 Å². The molecule has 0 bridgehead atoms. The summed E-state index contributed by atoms with van der Waals surface area (Å²) in [4.78, 5) is 0. The fourth-order valence-electron chi connectivity index (χ4n) is 2.41. The van der Waals surface area contributed by atoms with Crippen LogP contribution in [0.3, 0.4) is 0 Å². The molecule has 0 fully saturated rings. The van der Waals surface area contributed by atoms with Gasteiger partial charge in [0, 0.05) is 23.5 Å². The van der Waals surface area contributed by atoms with Crippen molar-refractivity contribution in [1.82, 2.24) is 15.1 Å². The molecule has 0 radical (unpaired) electrons. The first-order valence-electron chi connectivity index (χ1n) is 6.82. The molecule has 1 aromatic heterocycles. The highest BCUT2D eigenvalue weighted by atomic mass is 79.9. The smallest absolute Gasteiger partial charge is 0.0738 e. The van der Waals surface area contributed by atoms with Crippen LogP contribution in [-0.2, 0) is 13.0 Å². The zero-order valence-electron chi connectivity index (χ0n) is 12.3. The summed E-state index contributed by atoms with van der Waals surface area (Å²) in [5, 5.41) is 8.66. The van der Waals surface area contributed by atoms with Gasteiger partial charge >= 0.3 is 0 Å². The van der Waals surface area contributed by atoms with Gasteiger partial charge in [-0.05, 0) is 64.4 Å². The Hall–Kier alpha value is -0.360. The van der Waals surface area contributed by atoms with Crippen LogP contribution in [0.1, 0.15) is 29.9 Å². The monoisotopic (exact) mass is 433 g/mol. The van der Waals surface area contributed by atoms with E-state index in [2.05, 4.69) is 55.3 Å². The van der Waals surface area contributed by atoms with E-state index in [4.69, 9.17) is 11.6 Å². The van der Waals surface area contributed by atoms with Gasteiger partial charge in [-0.3, -0.25) is 4.68 Å². The number of hydrogen-bond acceptors (Lipinski definition) is 2. The van der Waals surface area contributed by atoms with Crippen LogP contribution in [0, 0.1) is 6.92 Å². The van der Waals surface area contributed by atoms with Crippen LogP contribution in [0.2, 0.25) is 5.02 Å². The van der Waals surface area contributed by atoms with Crippen LogP contribution < -0.4 is 5.32 Å². The van der Waals surface area contributed by atoms with E-state index < -0.39 is 0 Å². The molecule has 0 amide bonds. The van der Waals surface area contributed by atoms with Crippen molar-refractivity contribution in [3.05, 3.63) is 49.1 Å². The van der Waals surface area contributed by atoms with Gasteiger partial charge in [-0.1, -0.05) is 23.7 Å². The van der Waals surface area contributed by atoms with Crippen LogP contribution in [-0.4, -0.2) is 16.8 Å². The summed E-state index contributed by atoms with van der Waals surface area (Å²) >= 11 is 13.6. The molecule has 2 rings (SSSR count). The minimum atomic E-state index is 0.132. The van der Waals surface area contributed by atoms with E-state index in [0.717, 1.165) is 38.2 Å². The van der Waals surface area contributed by atoms with E-state index in [9.17, 15) is 0 Å². The zero-order valence-corrected chi connectivity index (χ0v) is 16.2. The lowest BCUT2D eigenvalue weighted by atomic mass is 10.0. The number of aromatic nitrogens is 2. The van der Waals surface area contributed by atoms with E-state index in [1.54, 1.807) is 0 Å². The van der Waals surface area contributed by atoms with Crippen molar-refractivity contribution in [3.63, 3.8) is 0 Å². The fraction of sp³-hybridized carbons (Fsp3) is 0.400. The zero-order chi connectivity index (χ0) is 15.6. The van der Waals surface area contributed by atoms with Crippen molar-refractivity contribution in [2.45, 2.75) is 32.9 Å². The van der Waals surface area contributed by atoms with Crippen LogP contribution in [0.15, 0.2) is 27.1 Å². The van der Waals surface area contributed by atoms with Crippen molar-refractivity contribution in [2.75, 3.05) is 7.05 Å². The summed E-state index contributed by atoms with van der Waals surface area (Å²) in [6.45, 7) is 4.97. The molecule has 1 unspecified atom stereocenters. The first-order valence-corrected chi connectivity index (χ1v) is 8.78. The number of nitrogens with zero attached hydrogens (tertiary/aromatic N) is 2. The third-order valence-electron chi connectivity index (χ3n) is 3.56. The van der Waals surface area contributed by atoms with Crippen molar-refractivity contribution in [2.24, 2.45) is 0 Å². The summed E-state index contributed by atoms with van der Waals surface area (Å²) in [5.74, 6) is 0. The molecule has 1 N–H and O–H groups in total. The maximum atomic E-state index is 6.43. The standard InChI is InChI=1S/C15H18Br2ClN3/c1-4-21-13(14(17)9(2)20-21)8-12(19-3)10-6-5-7-11(16)15(10)18/h5-7,12,19H,4,8H2,1-3H3. The second-order valence-corrected chi connectivity index (χ2v) is 6.88. The van der Waals surface area contributed by atoms with E-state index in [1.165, 1.54) is 5.69 Å². The minimum absolute atomic E-state index is 0.132. The molecular formula is C15H18Br2ClN3. The summed E-state index contributed by atoms with van der Waals surface area (Å²) < 4.78 is 4.03. The predicted molar refractivity (Wildman–Crippen MR) is 95.0 cm³/mol. The Kier molecular flexibility index (Phi) is 5.88. The molecule has 0 aliphatic heterocycles. The second-order valence-electron chi connectivity index (χ2n) is 4.85. The molecule has 0 saturated carbocycles. The van der Waals surface area contributed by atoms with Crippen molar-refractivity contribution in [1.29, 1.82) is 0 Å². The SMILES string of the molecule is CCn1nc(C)c(Br)c1CC(NC)c1cccc(Br)c1Cl. The maximum absolute atomic E-state index is 6.43. The van der Waals surface area contributed by atoms with Gasteiger partial charge in [0.05, 0.1) is 20.9 Å². The summed E-state index contributed by atoms with van der Waals surface area (Å²) in [6, 6.07) is 6.15.